The van der Waals surface area contributed by atoms with Gasteiger partial charge in [0.05, 0.1) is 18.2 Å². The van der Waals surface area contributed by atoms with Crippen LogP contribution in [0.1, 0.15) is 68.4 Å². The molecule has 34 heavy (non-hydrogen) atoms. The maximum absolute atomic E-state index is 13.6. The molecule has 2 aromatic heterocycles. The number of rotatable bonds is 7. The Kier molecular flexibility index (Phi) is 6.93. The zero-order valence-corrected chi connectivity index (χ0v) is 19.7. The number of nitrogens with one attached hydrogen (secondary N) is 1. The molecule has 0 bridgehead atoms. The molecule has 0 spiro atoms. The molecular weight excluding hydrogens is 440 g/mol. The molecule has 0 atom stereocenters. The SMILES string of the molecule is CC(C)C(=N)c1c(-c2ccc(N3CCC(F)(F)C3)nc2)cc(C(=O)O)nc1[NH2+]C1CCCCC1. The van der Waals surface area contributed by atoms with Crippen molar-refractivity contribution in [3.63, 3.8) is 0 Å². The van der Waals surface area contributed by atoms with Crippen molar-refractivity contribution < 1.29 is 24.0 Å². The van der Waals surface area contributed by atoms with E-state index in [2.05, 4.69) is 9.97 Å². The fourth-order valence-electron chi connectivity index (χ4n) is 4.78. The van der Waals surface area contributed by atoms with E-state index in [0.717, 1.165) is 25.7 Å². The van der Waals surface area contributed by atoms with Crippen LogP contribution < -0.4 is 10.2 Å². The summed E-state index contributed by atoms with van der Waals surface area (Å²) in [5.74, 6) is -2.95. The van der Waals surface area contributed by atoms with Crippen LogP contribution in [-0.2, 0) is 0 Å². The number of nitrogens with two attached hydrogens (primary N) is 1. The highest BCUT2D eigenvalue weighted by molar-refractivity contribution is 6.08. The summed E-state index contributed by atoms with van der Waals surface area (Å²) in [7, 11) is 0. The van der Waals surface area contributed by atoms with Gasteiger partial charge in [0, 0.05) is 36.0 Å². The summed E-state index contributed by atoms with van der Waals surface area (Å²) >= 11 is 0. The number of hydrogen-bond acceptors (Lipinski definition) is 5. The van der Waals surface area contributed by atoms with Gasteiger partial charge in [-0.05, 0) is 49.8 Å². The minimum absolute atomic E-state index is 0.0828. The van der Waals surface area contributed by atoms with Gasteiger partial charge in [-0.1, -0.05) is 20.3 Å². The number of carboxylic acids is 1. The van der Waals surface area contributed by atoms with E-state index in [1.165, 1.54) is 12.5 Å². The monoisotopic (exact) mass is 472 g/mol. The molecule has 0 radical (unpaired) electrons. The average molecular weight is 473 g/mol. The van der Waals surface area contributed by atoms with Gasteiger partial charge in [-0.2, -0.15) is 4.98 Å². The Morgan fingerprint density at radius 3 is 2.56 bits per heavy atom. The van der Waals surface area contributed by atoms with E-state index in [1.807, 2.05) is 19.2 Å². The Bertz CT molecular complexity index is 1070. The molecule has 182 valence electrons. The lowest BCUT2D eigenvalue weighted by Crippen LogP contribution is -2.85. The lowest BCUT2D eigenvalue weighted by molar-refractivity contribution is -0.617. The molecule has 0 amide bonds. The molecule has 2 aromatic rings. The van der Waals surface area contributed by atoms with Gasteiger partial charge in [0.15, 0.2) is 5.69 Å². The van der Waals surface area contributed by atoms with E-state index in [1.54, 1.807) is 23.2 Å². The molecule has 0 aromatic carbocycles. The van der Waals surface area contributed by atoms with Gasteiger partial charge in [-0.15, -0.1) is 0 Å². The third kappa shape index (κ3) is 5.24. The summed E-state index contributed by atoms with van der Waals surface area (Å²) in [5.41, 5.74) is 2.13. The second-order valence-corrected chi connectivity index (χ2v) is 9.69. The third-order valence-electron chi connectivity index (χ3n) is 6.71. The Hall–Kier alpha value is -2.94. The van der Waals surface area contributed by atoms with Gasteiger partial charge in [-0.3, -0.25) is 5.32 Å². The Morgan fingerprint density at radius 2 is 2.00 bits per heavy atom. The van der Waals surface area contributed by atoms with Crippen molar-refractivity contribution in [3.05, 3.63) is 35.7 Å². The van der Waals surface area contributed by atoms with Crippen molar-refractivity contribution in [1.29, 1.82) is 5.41 Å². The van der Waals surface area contributed by atoms with E-state index in [-0.39, 0.29) is 31.1 Å². The van der Waals surface area contributed by atoms with Crippen molar-refractivity contribution >= 4 is 23.3 Å². The van der Waals surface area contributed by atoms with Crippen LogP contribution >= 0.6 is 0 Å². The zero-order chi connectivity index (χ0) is 24.5. The highest BCUT2D eigenvalue weighted by Gasteiger charge is 2.38. The Morgan fingerprint density at radius 1 is 1.26 bits per heavy atom. The first kappa shape index (κ1) is 24.2. The van der Waals surface area contributed by atoms with Gasteiger partial charge < -0.3 is 15.4 Å². The number of carboxylic acid groups (broad SMARTS) is 1. The van der Waals surface area contributed by atoms with Crippen molar-refractivity contribution in [1.82, 2.24) is 9.97 Å². The summed E-state index contributed by atoms with van der Waals surface area (Å²) in [6, 6.07) is 5.24. The van der Waals surface area contributed by atoms with E-state index >= 15 is 0 Å². The van der Waals surface area contributed by atoms with Gasteiger partial charge in [0.2, 0.25) is 5.82 Å². The first-order valence-electron chi connectivity index (χ1n) is 12.0. The number of anilines is 1. The summed E-state index contributed by atoms with van der Waals surface area (Å²) in [5, 5.41) is 20.6. The van der Waals surface area contributed by atoms with Crippen molar-refractivity contribution in [2.24, 2.45) is 5.92 Å². The Balaban J connectivity index is 1.76. The quantitative estimate of drug-likeness (QED) is 0.523. The molecule has 1 saturated carbocycles. The summed E-state index contributed by atoms with van der Waals surface area (Å²) in [6.07, 6.45) is 6.90. The van der Waals surface area contributed by atoms with Crippen molar-refractivity contribution in [2.75, 3.05) is 18.0 Å². The summed E-state index contributed by atoms with van der Waals surface area (Å²) in [6.45, 7) is 3.73. The number of aromatic nitrogens is 2. The van der Waals surface area contributed by atoms with Crippen LogP contribution in [0.4, 0.5) is 20.4 Å². The van der Waals surface area contributed by atoms with Crippen LogP contribution in [0.3, 0.4) is 0 Å². The molecule has 2 fully saturated rings. The largest absolute Gasteiger partial charge is 0.477 e. The normalized spacial score (nSPS) is 18.4. The molecule has 1 aliphatic carbocycles. The average Bonchev–Trinajstić information content (AvgIpc) is 3.18. The molecule has 4 rings (SSSR count). The van der Waals surface area contributed by atoms with E-state index < -0.39 is 11.9 Å². The molecule has 7 nitrogen and oxygen atoms in total. The number of nitrogens with zero attached hydrogens (tertiary/aromatic N) is 3. The zero-order valence-electron chi connectivity index (χ0n) is 19.7. The first-order valence-corrected chi connectivity index (χ1v) is 12.0. The van der Waals surface area contributed by atoms with Crippen LogP contribution in [0.15, 0.2) is 24.4 Å². The van der Waals surface area contributed by atoms with E-state index in [9.17, 15) is 18.7 Å². The number of quaternary nitrogens is 1. The highest BCUT2D eigenvalue weighted by Crippen LogP contribution is 2.33. The fourth-order valence-corrected chi connectivity index (χ4v) is 4.78. The van der Waals surface area contributed by atoms with Crippen LogP contribution in [-0.4, -0.2) is 51.8 Å². The predicted octanol–water partition coefficient (Wildman–Crippen LogP) is 4.24. The number of pyridine rings is 2. The van der Waals surface area contributed by atoms with Crippen LogP contribution in [0.25, 0.3) is 11.1 Å². The molecule has 1 aliphatic heterocycles. The fraction of sp³-hybridized carbons (Fsp3) is 0.520. The number of carbonyl (C=O) groups is 1. The van der Waals surface area contributed by atoms with Crippen LogP contribution in [0.5, 0.6) is 0 Å². The summed E-state index contributed by atoms with van der Waals surface area (Å²) in [4.78, 5) is 22.3. The second kappa shape index (κ2) is 9.74. The highest BCUT2D eigenvalue weighted by atomic mass is 19.3. The maximum atomic E-state index is 13.6. The topological polar surface area (TPSA) is 107 Å². The summed E-state index contributed by atoms with van der Waals surface area (Å²) < 4.78 is 27.3. The van der Waals surface area contributed by atoms with Crippen molar-refractivity contribution in [3.8, 4) is 11.1 Å². The van der Waals surface area contributed by atoms with Gasteiger partial charge >= 0.3 is 5.97 Å². The lowest BCUT2D eigenvalue weighted by atomic mass is 9.91. The Labute approximate surface area is 198 Å². The first-order chi connectivity index (χ1) is 16.1. The van der Waals surface area contributed by atoms with E-state index in [4.69, 9.17) is 5.41 Å². The van der Waals surface area contributed by atoms with Gasteiger partial charge in [0.1, 0.15) is 5.82 Å². The third-order valence-corrected chi connectivity index (χ3v) is 6.71. The number of hydrogen-bond donors (Lipinski definition) is 3. The second-order valence-electron chi connectivity index (χ2n) is 9.69. The molecule has 2 aliphatic rings. The van der Waals surface area contributed by atoms with Crippen LogP contribution in [0.2, 0.25) is 0 Å². The minimum atomic E-state index is -2.72. The molecular formula is C25H32F2N5O2+. The molecule has 3 heterocycles. The van der Waals surface area contributed by atoms with E-state index in [0.29, 0.717) is 40.1 Å². The smallest absolute Gasteiger partial charge is 0.354 e. The van der Waals surface area contributed by atoms with Crippen LogP contribution in [0, 0.1) is 11.3 Å². The maximum Gasteiger partial charge on any atom is 0.354 e. The molecule has 1 saturated heterocycles. The molecule has 0 unspecified atom stereocenters. The number of aromatic carboxylic acids is 1. The number of halogens is 2. The molecule has 4 N–H and O–H groups in total. The standard InChI is InChI=1S/C25H31F2N5O2/c1-15(2)22(28)21-18(16-8-9-20(29-13-16)32-11-10-25(26,27)14-32)12-19(24(33)34)31-23(21)30-17-6-4-3-5-7-17/h8-9,12-13,15,17,28H,3-7,10-11,14H2,1-2H3,(H,30,31)(H,33,34)/p+1. The number of alkyl halides is 2. The predicted molar refractivity (Wildman–Crippen MR) is 126 cm³/mol. The van der Waals surface area contributed by atoms with Crippen molar-refractivity contribution in [2.45, 2.75) is 64.3 Å². The van der Waals surface area contributed by atoms with Gasteiger partial charge in [0.25, 0.3) is 5.92 Å². The van der Waals surface area contributed by atoms with Gasteiger partial charge in [-0.25, -0.2) is 18.6 Å². The lowest BCUT2D eigenvalue weighted by Gasteiger charge is -2.22. The molecule has 9 heteroatoms. The minimum Gasteiger partial charge on any atom is -0.477 e.